The van der Waals surface area contributed by atoms with Crippen LogP contribution in [0, 0.1) is 17.7 Å². The molecule has 0 radical (unpaired) electrons. The highest BCUT2D eigenvalue weighted by Gasteiger charge is 2.32. The van der Waals surface area contributed by atoms with Crippen LogP contribution in [0.15, 0.2) is 41.8 Å². The summed E-state index contributed by atoms with van der Waals surface area (Å²) in [6, 6.07) is 10.2. The van der Waals surface area contributed by atoms with Crippen molar-refractivity contribution in [3.05, 3.63) is 58.0 Å². The lowest BCUT2D eigenvalue weighted by Crippen LogP contribution is -2.44. The summed E-state index contributed by atoms with van der Waals surface area (Å²) in [6.45, 7) is 1.22. The number of amides is 2. The van der Waals surface area contributed by atoms with Crippen LogP contribution in [-0.2, 0) is 4.79 Å². The topological polar surface area (TPSA) is 49.4 Å². The van der Waals surface area contributed by atoms with E-state index in [1.807, 2.05) is 22.4 Å². The molecular weight excluding hydrogens is 387 g/mol. The summed E-state index contributed by atoms with van der Waals surface area (Å²) < 4.78 is 13.4. The van der Waals surface area contributed by atoms with Crippen molar-refractivity contribution in [3.63, 3.8) is 0 Å². The Bertz CT molecular complexity index is 823. The Kier molecular flexibility index (Phi) is 6.28. The van der Waals surface area contributed by atoms with Gasteiger partial charge in [-0.2, -0.15) is 0 Å². The number of thiophene rings is 1. The van der Waals surface area contributed by atoms with Crippen molar-refractivity contribution in [2.24, 2.45) is 11.8 Å². The van der Waals surface area contributed by atoms with E-state index in [-0.39, 0.29) is 29.6 Å². The zero-order chi connectivity index (χ0) is 20.2. The fourth-order valence-electron chi connectivity index (χ4n) is 4.61. The van der Waals surface area contributed by atoms with E-state index in [0.29, 0.717) is 31.8 Å². The number of carbonyl (C=O) groups excluding carboxylic acids is 2. The summed E-state index contributed by atoms with van der Waals surface area (Å²) in [4.78, 5) is 28.1. The Hall–Kier alpha value is -2.21. The van der Waals surface area contributed by atoms with Crippen LogP contribution in [0.2, 0.25) is 0 Å². The predicted octanol–water partition coefficient (Wildman–Crippen LogP) is 4.79. The third-order valence-corrected chi connectivity index (χ3v) is 7.14. The Balaban J connectivity index is 1.38. The Morgan fingerprint density at radius 3 is 2.34 bits per heavy atom. The Labute approximate surface area is 175 Å². The van der Waals surface area contributed by atoms with Crippen molar-refractivity contribution < 1.29 is 14.0 Å². The van der Waals surface area contributed by atoms with Crippen LogP contribution < -0.4 is 5.32 Å². The van der Waals surface area contributed by atoms with Crippen LogP contribution >= 0.6 is 11.3 Å². The zero-order valence-corrected chi connectivity index (χ0v) is 17.3. The molecule has 1 unspecified atom stereocenters. The van der Waals surface area contributed by atoms with Gasteiger partial charge in [-0.3, -0.25) is 9.59 Å². The second-order valence-corrected chi connectivity index (χ2v) is 9.07. The van der Waals surface area contributed by atoms with Crippen molar-refractivity contribution in [2.45, 2.75) is 44.6 Å². The number of piperidine rings is 1. The van der Waals surface area contributed by atoms with Gasteiger partial charge in [0.05, 0.1) is 10.9 Å². The molecule has 0 spiro atoms. The first-order valence-corrected chi connectivity index (χ1v) is 11.4. The molecule has 1 N–H and O–H groups in total. The third-order valence-electron chi connectivity index (χ3n) is 6.28. The zero-order valence-electron chi connectivity index (χ0n) is 16.5. The average Bonchev–Trinajstić information content (AvgIpc) is 3.46. The Morgan fingerprint density at radius 1 is 1.03 bits per heavy atom. The second-order valence-electron chi connectivity index (χ2n) is 8.13. The highest BCUT2D eigenvalue weighted by atomic mass is 32.1. The summed E-state index contributed by atoms with van der Waals surface area (Å²) in [5, 5.41) is 5.18. The fraction of sp³-hybridized carbons (Fsp3) is 0.478. The summed E-state index contributed by atoms with van der Waals surface area (Å²) >= 11 is 1.46. The third kappa shape index (κ3) is 4.69. The van der Waals surface area contributed by atoms with Crippen molar-refractivity contribution in [1.29, 1.82) is 0 Å². The standard InChI is InChI=1S/C23H27FN2O2S/c24-19-9-7-17(8-10-19)21(16-4-1-2-5-16)25-22(27)18-11-13-26(14-12-18)23(28)20-6-3-15-29-20/h3,6-10,15-16,18,21H,1-2,4-5,11-14H2,(H,25,27). The van der Waals surface area contributed by atoms with E-state index in [0.717, 1.165) is 23.3 Å². The monoisotopic (exact) mass is 414 g/mol. The lowest BCUT2D eigenvalue weighted by molar-refractivity contribution is -0.127. The van der Waals surface area contributed by atoms with E-state index < -0.39 is 0 Å². The molecule has 2 heterocycles. The molecular formula is C23H27FN2O2S. The summed E-state index contributed by atoms with van der Waals surface area (Å²) in [5.41, 5.74) is 0.983. The van der Waals surface area contributed by atoms with Crippen LogP contribution in [-0.4, -0.2) is 29.8 Å². The lowest BCUT2D eigenvalue weighted by atomic mass is 9.89. The first-order valence-electron chi connectivity index (χ1n) is 10.5. The number of nitrogens with zero attached hydrogens (tertiary/aromatic N) is 1. The molecule has 1 saturated heterocycles. The molecule has 1 atom stereocenters. The summed E-state index contributed by atoms with van der Waals surface area (Å²) in [6.07, 6.45) is 5.92. The van der Waals surface area contributed by atoms with Gasteiger partial charge in [0, 0.05) is 19.0 Å². The molecule has 1 aromatic carbocycles. The minimum atomic E-state index is -0.256. The molecule has 0 bridgehead atoms. The molecule has 2 aromatic rings. The Morgan fingerprint density at radius 2 is 1.72 bits per heavy atom. The first kappa shape index (κ1) is 20.1. The predicted molar refractivity (Wildman–Crippen MR) is 112 cm³/mol. The van der Waals surface area contributed by atoms with Gasteiger partial charge < -0.3 is 10.2 Å². The van der Waals surface area contributed by atoms with Gasteiger partial charge in [0.25, 0.3) is 5.91 Å². The van der Waals surface area contributed by atoms with E-state index in [1.165, 1.54) is 36.3 Å². The van der Waals surface area contributed by atoms with Gasteiger partial charge in [-0.15, -0.1) is 11.3 Å². The van der Waals surface area contributed by atoms with Crippen LogP contribution in [0.5, 0.6) is 0 Å². The number of benzene rings is 1. The molecule has 29 heavy (non-hydrogen) atoms. The van der Waals surface area contributed by atoms with Gasteiger partial charge in [-0.25, -0.2) is 4.39 Å². The summed E-state index contributed by atoms with van der Waals surface area (Å²) in [5.74, 6) is 0.202. The lowest BCUT2D eigenvalue weighted by Gasteiger charge is -2.33. The average molecular weight is 415 g/mol. The van der Waals surface area contributed by atoms with Gasteiger partial charge in [-0.1, -0.05) is 31.0 Å². The molecule has 1 aliphatic carbocycles. The number of nitrogens with one attached hydrogen (secondary N) is 1. The van der Waals surface area contributed by atoms with E-state index in [4.69, 9.17) is 0 Å². The summed E-state index contributed by atoms with van der Waals surface area (Å²) in [7, 11) is 0. The minimum Gasteiger partial charge on any atom is -0.349 e. The van der Waals surface area contributed by atoms with E-state index in [2.05, 4.69) is 5.32 Å². The van der Waals surface area contributed by atoms with Crippen LogP contribution in [0.25, 0.3) is 0 Å². The van der Waals surface area contributed by atoms with Gasteiger partial charge in [0.1, 0.15) is 5.82 Å². The maximum atomic E-state index is 13.4. The quantitative estimate of drug-likeness (QED) is 0.765. The van der Waals surface area contributed by atoms with Crippen LogP contribution in [0.1, 0.15) is 59.8 Å². The number of halogens is 1. The first-order chi connectivity index (χ1) is 14.1. The molecule has 2 amide bonds. The number of carbonyl (C=O) groups is 2. The molecule has 2 fully saturated rings. The van der Waals surface area contributed by atoms with Gasteiger partial charge in [-0.05, 0) is 60.7 Å². The van der Waals surface area contributed by atoms with Crippen molar-refractivity contribution in [2.75, 3.05) is 13.1 Å². The highest BCUT2D eigenvalue weighted by molar-refractivity contribution is 7.12. The largest absolute Gasteiger partial charge is 0.349 e. The molecule has 1 saturated carbocycles. The van der Waals surface area contributed by atoms with E-state index in [1.54, 1.807) is 12.1 Å². The van der Waals surface area contributed by atoms with Gasteiger partial charge in [0.2, 0.25) is 5.91 Å². The second kappa shape index (κ2) is 9.08. The van der Waals surface area contributed by atoms with Gasteiger partial charge >= 0.3 is 0 Å². The molecule has 154 valence electrons. The molecule has 1 aliphatic heterocycles. The molecule has 1 aromatic heterocycles. The number of rotatable bonds is 5. The molecule has 4 nitrogen and oxygen atoms in total. The molecule has 6 heteroatoms. The van der Waals surface area contributed by atoms with Crippen molar-refractivity contribution in [1.82, 2.24) is 10.2 Å². The van der Waals surface area contributed by atoms with Crippen LogP contribution in [0.3, 0.4) is 0 Å². The maximum absolute atomic E-state index is 13.4. The minimum absolute atomic E-state index is 0.0589. The van der Waals surface area contributed by atoms with Crippen molar-refractivity contribution >= 4 is 23.2 Å². The van der Waals surface area contributed by atoms with E-state index in [9.17, 15) is 14.0 Å². The SMILES string of the molecule is O=C(NC(c1ccc(F)cc1)C1CCCC1)C1CCN(C(=O)c2cccs2)CC1. The number of hydrogen-bond acceptors (Lipinski definition) is 3. The maximum Gasteiger partial charge on any atom is 0.263 e. The molecule has 2 aliphatic rings. The van der Waals surface area contributed by atoms with Gasteiger partial charge in [0.15, 0.2) is 0 Å². The van der Waals surface area contributed by atoms with Crippen LogP contribution in [0.4, 0.5) is 4.39 Å². The highest BCUT2D eigenvalue weighted by Crippen LogP contribution is 2.36. The van der Waals surface area contributed by atoms with E-state index >= 15 is 0 Å². The van der Waals surface area contributed by atoms with Crippen molar-refractivity contribution in [3.8, 4) is 0 Å². The normalized spacial score (nSPS) is 19.3. The number of hydrogen-bond donors (Lipinski definition) is 1. The molecule has 4 rings (SSSR count). The smallest absolute Gasteiger partial charge is 0.263 e. The fourth-order valence-corrected chi connectivity index (χ4v) is 5.30. The number of likely N-dealkylation sites (tertiary alicyclic amines) is 1.